The van der Waals surface area contributed by atoms with Gasteiger partial charge in [0.15, 0.2) is 29.3 Å². The predicted octanol–water partition coefficient (Wildman–Crippen LogP) is -0.871. The van der Waals surface area contributed by atoms with E-state index in [4.69, 9.17) is 37.6 Å². The van der Waals surface area contributed by atoms with Crippen molar-refractivity contribution in [3.8, 4) is 34.1 Å². The molecule has 0 unspecified atom stereocenters. The second-order valence-electron chi connectivity index (χ2n) is 10.4. The standard InChI is InChI=1S/C29H34O15/c1-37-16-5-4-13(6-18(16)38-2)15-9-40-17-8-20(19(39-3)7-14(17)22(15)31)43-27-25(34)24(33)23(32)21(44-27)10-41-28-26(35)29(36,11-30)12-42-28/h4-9,21,23-28,30,32-36H,10-12H2,1-3H3/t21-,23-,24+,25-,26+,27-,28-,29-/m1/s1. The van der Waals surface area contributed by atoms with E-state index in [0.717, 1.165) is 0 Å². The van der Waals surface area contributed by atoms with Crippen molar-refractivity contribution in [3.63, 3.8) is 0 Å². The summed E-state index contributed by atoms with van der Waals surface area (Å²) in [6, 6.07) is 7.72. The molecular formula is C29H34O15. The van der Waals surface area contributed by atoms with Gasteiger partial charge in [-0.2, -0.15) is 0 Å². The maximum atomic E-state index is 13.5. The number of hydrogen-bond donors (Lipinski definition) is 6. The molecule has 15 nitrogen and oxygen atoms in total. The molecule has 3 aromatic rings. The number of aliphatic hydroxyl groups excluding tert-OH is 5. The molecule has 0 amide bonds. The number of hydrogen-bond acceptors (Lipinski definition) is 15. The minimum atomic E-state index is -1.93. The molecule has 44 heavy (non-hydrogen) atoms. The van der Waals surface area contributed by atoms with E-state index >= 15 is 0 Å². The van der Waals surface area contributed by atoms with E-state index in [1.54, 1.807) is 18.2 Å². The molecule has 0 aliphatic carbocycles. The molecule has 5 rings (SSSR count). The number of rotatable bonds is 10. The summed E-state index contributed by atoms with van der Waals surface area (Å²) in [5.41, 5.74) is -1.42. The Morgan fingerprint density at radius 1 is 0.886 bits per heavy atom. The van der Waals surface area contributed by atoms with Crippen LogP contribution in [0.4, 0.5) is 0 Å². The number of ether oxygens (including phenoxy) is 7. The average molecular weight is 623 g/mol. The van der Waals surface area contributed by atoms with Crippen molar-refractivity contribution in [1.29, 1.82) is 0 Å². The maximum absolute atomic E-state index is 13.5. The second kappa shape index (κ2) is 12.8. The molecule has 0 spiro atoms. The number of benzene rings is 2. The molecule has 1 aromatic heterocycles. The summed E-state index contributed by atoms with van der Waals surface area (Å²) in [6.07, 6.45) is -9.63. The highest BCUT2D eigenvalue weighted by Crippen LogP contribution is 2.36. The number of fused-ring (bicyclic) bond motifs is 1. The molecule has 15 heteroatoms. The van der Waals surface area contributed by atoms with Crippen LogP contribution in [-0.2, 0) is 14.2 Å². The van der Waals surface area contributed by atoms with Crippen LogP contribution in [0.15, 0.2) is 45.8 Å². The van der Waals surface area contributed by atoms with Crippen LogP contribution in [0.3, 0.4) is 0 Å². The van der Waals surface area contributed by atoms with Gasteiger partial charge in [-0.15, -0.1) is 0 Å². The predicted molar refractivity (Wildman–Crippen MR) is 149 cm³/mol. The average Bonchev–Trinajstić information content (AvgIpc) is 3.33. The number of methoxy groups -OCH3 is 3. The van der Waals surface area contributed by atoms with Crippen molar-refractivity contribution >= 4 is 11.0 Å². The Balaban J connectivity index is 1.37. The van der Waals surface area contributed by atoms with Crippen molar-refractivity contribution in [3.05, 3.63) is 46.8 Å². The van der Waals surface area contributed by atoms with Gasteiger partial charge in [0.2, 0.25) is 11.7 Å². The van der Waals surface area contributed by atoms with Gasteiger partial charge in [0, 0.05) is 6.07 Å². The van der Waals surface area contributed by atoms with Crippen LogP contribution in [0.2, 0.25) is 0 Å². The van der Waals surface area contributed by atoms with Crippen molar-refractivity contribution in [1.82, 2.24) is 0 Å². The highest BCUT2D eigenvalue weighted by Gasteiger charge is 2.50. The van der Waals surface area contributed by atoms with Crippen LogP contribution < -0.4 is 24.4 Å². The molecule has 2 saturated heterocycles. The minimum absolute atomic E-state index is 0.0168. The largest absolute Gasteiger partial charge is 0.493 e. The zero-order valence-electron chi connectivity index (χ0n) is 24.0. The Morgan fingerprint density at radius 3 is 2.25 bits per heavy atom. The fourth-order valence-corrected chi connectivity index (χ4v) is 4.99. The molecule has 0 saturated carbocycles. The first-order chi connectivity index (χ1) is 21.0. The highest BCUT2D eigenvalue weighted by atomic mass is 16.7. The van der Waals surface area contributed by atoms with Crippen molar-refractivity contribution in [2.75, 3.05) is 41.2 Å². The second-order valence-corrected chi connectivity index (χ2v) is 10.4. The minimum Gasteiger partial charge on any atom is -0.493 e. The van der Waals surface area contributed by atoms with Crippen LogP contribution in [0, 0.1) is 0 Å². The molecular weight excluding hydrogens is 588 g/mol. The number of aliphatic hydroxyl groups is 6. The summed E-state index contributed by atoms with van der Waals surface area (Å²) in [4.78, 5) is 13.5. The maximum Gasteiger partial charge on any atom is 0.229 e. The van der Waals surface area contributed by atoms with Gasteiger partial charge in [0.25, 0.3) is 0 Å². The first-order valence-electron chi connectivity index (χ1n) is 13.5. The van der Waals surface area contributed by atoms with E-state index in [2.05, 4.69) is 0 Å². The molecule has 2 aliphatic rings. The van der Waals surface area contributed by atoms with Crippen LogP contribution in [0.1, 0.15) is 0 Å². The Bertz CT molecular complexity index is 1520. The SMILES string of the molecule is COc1ccc(-c2coc3cc(O[C@@H]4O[C@H](CO[C@@H]5OC[C@](O)(CO)[C@H]5O)[C@@H](O)[C@H](O)[C@H]4O)c(OC)cc3c2=O)cc1OC. The van der Waals surface area contributed by atoms with Gasteiger partial charge in [-0.25, -0.2) is 0 Å². The van der Waals surface area contributed by atoms with E-state index in [9.17, 15) is 35.4 Å². The molecule has 0 radical (unpaired) electrons. The van der Waals surface area contributed by atoms with Gasteiger partial charge >= 0.3 is 0 Å². The Kier molecular flexibility index (Phi) is 9.31. The van der Waals surface area contributed by atoms with E-state index < -0.39 is 68.5 Å². The molecule has 3 heterocycles. The van der Waals surface area contributed by atoms with Gasteiger partial charge < -0.3 is 68.2 Å². The molecule has 0 bridgehead atoms. The van der Waals surface area contributed by atoms with Gasteiger partial charge in [-0.05, 0) is 23.8 Å². The third-order valence-electron chi connectivity index (χ3n) is 7.67. The lowest BCUT2D eigenvalue weighted by Crippen LogP contribution is -2.60. The fourth-order valence-electron chi connectivity index (χ4n) is 4.99. The summed E-state index contributed by atoms with van der Waals surface area (Å²) in [6.45, 7) is -1.64. The van der Waals surface area contributed by atoms with Crippen molar-refractivity contribution in [2.45, 2.75) is 48.7 Å². The highest BCUT2D eigenvalue weighted by molar-refractivity contribution is 5.85. The smallest absolute Gasteiger partial charge is 0.229 e. The summed E-state index contributed by atoms with van der Waals surface area (Å²) >= 11 is 0. The summed E-state index contributed by atoms with van der Waals surface area (Å²) < 4.78 is 43.9. The lowest BCUT2D eigenvalue weighted by molar-refractivity contribution is -0.289. The molecule has 2 aliphatic heterocycles. The normalized spacial score (nSPS) is 30.3. The zero-order chi connectivity index (χ0) is 31.8. The molecule has 8 atom stereocenters. The van der Waals surface area contributed by atoms with Crippen LogP contribution in [0.25, 0.3) is 22.1 Å². The first-order valence-corrected chi connectivity index (χ1v) is 13.5. The lowest BCUT2D eigenvalue weighted by Gasteiger charge is -2.40. The monoisotopic (exact) mass is 622 g/mol. The third kappa shape index (κ3) is 5.81. The van der Waals surface area contributed by atoms with E-state index in [-0.39, 0.29) is 33.5 Å². The zero-order valence-corrected chi connectivity index (χ0v) is 24.0. The molecule has 2 fully saturated rings. The Hall–Kier alpha value is -3.51. The molecule has 240 valence electrons. The summed E-state index contributed by atoms with van der Waals surface area (Å²) in [5, 5.41) is 61.4. The van der Waals surface area contributed by atoms with E-state index in [0.29, 0.717) is 17.1 Å². The lowest BCUT2D eigenvalue weighted by atomic mass is 9.99. The van der Waals surface area contributed by atoms with Crippen LogP contribution >= 0.6 is 0 Å². The van der Waals surface area contributed by atoms with Crippen molar-refractivity contribution < 1.29 is 68.2 Å². The Labute approximate surface area is 250 Å². The third-order valence-corrected chi connectivity index (χ3v) is 7.67. The first kappa shape index (κ1) is 31.9. The molecule has 6 N–H and O–H groups in total. The topological polar surface area (TPSA) is 216 Å². The van der Waals surface area contributed by atoms with Gasteiger partial charge in [0.1, 0.15) is 48.0 Å². The fraction of sp³-hybridized carbons (Fsp3) is 0.483. The van der Waals surface area contributed by atoms with Crippen LogP contribution in [-0.4, -0.2) is 120 Å². The van der Waals surface area contributed by atoms with Gasteiger partial charge in [-0.3, -0.25) is 4.79 Å². The summed E-state index contributed by atoms with van der Waals surface area (Å²) in [7, 11) is 4.31. The van der Waals surface area contributed by atoms with Gasteiger partial charge in [0.05, 0.1) is 52.1 Å². The molecule has 2 aromatic carbocycles. The van der Waals surface area contributed by atoms with E-state index in [1.807, 2.05) is 0 Å². The Morgan fingerprint density at radius 2 is 1.59 bits per heavy atom. The quantitative estimate of drug-likeness (QED) is 0.162. The van der Waals surface area contributed by atoms with Crippen molar-refractivity contribution in [2.24, 2.45) is 0 Å². The van der Waals surface area contributed by atoms with Crippen LogP contribution in [0.5, 0.6) is 23.0 Å². The van der Waals surface area contributed by atoms with E-state index in [1.165, 1.54) is 39.7 Å². The summed E-state index contributed by atoms with van der Waals surface area (Å²) in [5.74, 6) is 0.967. The van der Waals surface area contributed by atoms with Gasteiger partial charge in [-0.1, -0.05) is 6.07 Å².